The van der Waals surface area contributed by atoms with E-state index in [-0.39, 0.29) is 43.1 Å². The van der Waals surface area contributed by atoms with Crippen molar-refractivity contribution in [2.45, 2.75) is 55.5 Å². The lowest BCUT2D eigenvalue weighted by atomic mass is 9.89. The van der Waals surface area contributed by atoms with E-state index in [4.69, 9.17) is 37.9 Å². The number of nitrogens with zero attached hydrogens (tertiary/aromatic N) is 2. The number of amides is 1. The highest BCUT2D eigenvalue weighted by molar-refractivity contribution is 7.89. The number of ether oxygens (including phenoxy) is 2. The molecule has 0 fully saturated rings. The predicted octanol–water partition coefficient (Wildman–Crippen LogP) is 8.28. The van der Waals surface area contributed by atoms with Crippen molar-refractivity contribution >= 4 is 50.9 Å². The monoisotopic (exact) mass is 885 g/mol. The van der Waals surface area contributed by atoms with E-state index in [9.17, 15) is 27.9 Å². The van der Waals surface area contributed by atoms with E-state index in [1.807, 2.05) is 30.3 Å². The Hall–Kier alpha value is -6.49. The third kappa shape index (κ3) is 9.07. The molecule has 0 saturated heterocycles. The second-order valence-corrected chi connectivity index (χ2v) is 17.8. The summed E-state index contributed by atoms with van der Waals surface area (Å²) in [6.45, 7) is 0.0455. The van der Waals surface area contributed by atoms with Gasteiger partial charge >= 0.3 is 5.97 Å². The molecule has 2 N–H and O–H groups in total. The van der Waals surface area contributed by atoms with Crippen LogP contribution in [0.5, 0.6) is 11.5 Å². The number of hydrogen-bond acceptors (Lipinski definition) is 8. The van der Waals surface area contributed by atoms with Gasteiger partial charge in [0, 0.05) is 30.5 Å². The van der Waals surface area contributed by atoms with Gasteiger partial charge in [-0.25, -0.2) is 13.2 Å². The fourth-order valence-electron chi connectivity index (χ4n) is 7.63. The number of halogens is 2. The van der Waals surface area contributed by atoms with Crippen molar-refractivity contribution in [3.63, 3.8) is 0 Å². The number of carbonyl (C=O) groups excluding carboxylic acids is 2. The number of sulfonamides is 1. The number of hydrogen-bond donors (Lipinski definition) is 2. The van der Waals surface area contributed by atoms with Crippen LogP contribution in [0.4, 0.5) is 0 Å². The van der Waals surface area contributed by atoms with Crippen molar-refractivity contribution in [3.8, 4) is 28.7 Å². The van der Waals surface area contributed by atoms with Gasteiger partial charge in [0.05, 0.1) is 26.6 Å². The number of carboxylic acid groups (broad SMARTS) is 1. The maximum absolute atomic E-state index is 14.3. The van der Waals surface area contributed by atoms with Gasteiger partial charge in [-0.2, -0.15) is 9.57 Å². The molecule has 1 unspecified atom stereocenters. The molecule has 8 rings (SSSR count). The number of carboxylic acids is 1. The number of fused-ring (bicyclic) bond motifs is 2. The van der Waals surface area contributed by atoms with Crippen LogP contribution < -0.4 is 14.8 Å². The average molecular weight is 887 g/mol. The Balaban J connectivity index is 1.01. The summed E-state index contributed by atoms with van der Waals surface area (Å²) in [6, 6.07) is 37.1. The first-order chi connectivity index (χ1) is 29.9. The van der Waals surface area contributed by atoms with Gasteiger partial charge in [-0.15, -0.1) is 0 Å². The van der Waals surface area contributed by atoms with Crippen LogP contribution in [-0.2, 0) is 56.8 Å². The third-order valence-electron chi connectivity index (χ3n) is 11.0. The van der Waals surface area contributed by atoms with Crippen LogP contribution in [0, 0.1) is 11.3 Å². The topological polar surface area (TPSA) is 163 Å². The van der Waals surface area contributed by atoms with Gasteiger partial charge in [0.1, 0.15) is 30.2 Å². The van der Waals surface area contributed by atoms with Crippen LogP contribution in [0.2, 0.25) is 10.0 Å². The molecule has 0 spiro atoms. The maximum Gasteiger partial charge on any atom is 0.326 e. The van der Waals surface area contributed by atoms with Crippen LogP contribution in [0.3, 0.4) is 0 Å². The Labute approximate surface area is 368 Å². The zero-order valence-electron chi connectivity index (χ0n) is 32.8. The highest BCUT2D eigenvalue weighted by atomic mass is 35.5. The molecular formula is C48H37Cl2N3O8S. The minimum Gasteiger partial charge on any atom is -0.489 e. The zero-order valence-corrected chi connectivity index (χ0v) is 35.2. The van der Waals surface area contributed by atoms with Crippen molar-refractivity contribution in [2.24, 2.45) is 0 Å². The first kappa shape index (κ1) is 42.2. The fourth-order valence-corrected chi connectivity index (χ4v) is 9.54. The van der Waals surface area contributed by atoms with Gasteiger partial charge in [-0.3, -0.25) is 9.59 Å². The van der Waals surface area contributed by atoms with Gasteiger partial charge in [-0.1, -0.05) is 102 Å². The number of rotatable bonds is 12. The van der Waals surface area contributed by atoms with Crippen LogP contribution >= 0.6 is 23.2 Å². The van der Waals surface area contributed by atoms with Gasteiger partial charge in [0.2, 0.25) is 15.9 Å². The quantitative estimate of drug-likeness (QED) is 0.123. The second kappa shape index (κ2) is 17.8. The van der Waals surface area contributed by atoms with Gasteiger partial charge in [-0.05, 0) is 94.4 Å². The molecule has 6 aromatic carbocycles. The number of nitrogens with one attached hydrogen (secondary N) is 1. The van der Waals surface area contributed by atoms with Crippen LogP contribution in [0.1, 0.15) is 45.0 Å². The highest BCUT2D eigenvalue weighted by Crippen LogP contribution is 2.39. The Bertz CT molecular complexity index is 2830. The Morgan fingerprint density at radius 1 is 0.839 bits per heavy atom. The van der Waals surface area contributed by atoms with Crippen LogP contribution in [0.25, 0.3) is 11.1 Å². The predicted molar refractivity (Wildman–Crippen MR) is 232 cm³/mol. The summed E-state index contributed by atoms with van der Waals surface area (Å²) in [5.41, 5.74) is 6.18. The molecule has 0 bridgehead atoms. The van der Waals surface area contributed by atoms with Gasteiger partial charge in [0.25, 0.3) is 0 Å². The van der Waals surface area contributed by atoms with Gasteiger partial charge in [0.15, 0.2) is 11.9 Å². The van der Waals surface area contributed by atoms with E-state index >= 15 is 0 Å². The first-order valence-corrected chi connectivity index (χ1v) is 21.8. The van der Waals surface area contributed by atoms with E-state index < -0.39 is 40.1 Å². The summed E-state index contributed by atoms with van der Waals surface area (Å²) in [5, 5.41) is 22.9. The first-order valence-electron chi connectivity index (χ1n) is 19.6. The van der Waals surface area contributed by atoms with E-state index in [1.54, 1.807) is 91.0 Å². The Kier molecular flexibility index (Phi) is 12.2. The van der Waals surface area contributed by atoms with Crippen molar-refractivity contribution in [3.05, 3.63) is 182 Å². The van der Waals surface area contributed by atoms with Crippen molar-refractivity contribution < 1.29 is 37.4 Å². The highest BCUT2D eigenvalue weighted by Gasteiger charge is 2.42. The molecule has 2 aliphatic heterocycles. The molecule has 2 aliphatic rings. The number of Topliss-reactive ketones (excluding diaryl/α,β-unsaturated/α-hetero) is 1. The molecule has 0 aromatic heterocycles. The lowest BCUT2D eigenvalue weighted by Gasteiger charge is -2.36. The number of carbonyl (C=O) groups is 3. The summed E-state index contributed by atoms with van der Waals surface area (Å²) in [7, 11) is -4.28. The minimum absolute atomic E-state index is 0.0253. The summed E-state index contributed by atoms with van der Waals surface area (Å²) in [4.78, 5) is 40.3. The lowest BCUT2D eigenvalue weighted by molar-refractivity contribution is -0.142. The summed E-state index contributed by atoms with van der Waals surface area (Å²) < 4.78 is 41.9. The number of ketones is 1. The number of nitriles is 1. The molecule has 62 heavy (non-hydrogen) atoms. The van der Waals surface area contributed by atoms with E-state index in [0.717, 1.165) is 21.0 Å². The minimum atomic E-state index is -4.28. The molecule has 3 atom stereocenters. The Morgan fingerprint density at radius 2 is 1.52 bits per heavy atom. The van der Waals surface area contributed by atoms with Crippen molar-refractivity contribution in [1.29, 1.82) is 5.26 Å². The number of aliphatic carboxylic acids is 1. The largest absolute Gasteiger partial charge is 0.489 e. The average Bonchev–Trinajstić information content (AvgIpc) is 3.28. The Morgan fingerprint density at radius 3 is 2.18 bits per heavy atom. The molecule has 2 heterocycles. The molecular weight excluding hydrogens is 850 g/mol. The third-order valence-corrected chi connectivity index (χ3v) is 13.6. The molecule has 312 valence electrons. The summed E-state index contributed by atoms with van der Waals surface area (Å²) >= 11 is 12.2. The SMILES string of the molecule is N#Cc1ccc(-c2ccc(C[C@H](NC(=O)[C@@H]3Cc4cc5c(cc4CN3S(=O)(=O)c3ccccc3)OC(c3ccc(OCc4ccc(Cl)c(Cl)c4)cc3)C(=O)C5)C(=O)O)cc2)cc1. The lowest BCUT2D eigenvalue weighted by Crippen LogP contribution is -2.55. The standard InChI is InChI=1S/C48H37Cl2N3O8S/c49-40-19-10-31(20-41(40)50)28-60-38-17-15-34(16-18-38)46-44(54)24-36-22-35-23-43(53(27-37(35)25-45(36)61-46)62(58,59)39-4-2-1-3-5-39)47(55)52-42(48(56)57)21-29-6-11-32(12-7-29)33-13-8-30(26-51)9-14-33/h1-20,22,25,42-43,46H,21,23-24,27-28H2,(H,52,55)(H,56,57)/t42-,43-,46?/m0/s1. The molecule has 0 radical (unpaired) electrons. The molecule has 0 aliphatic carbocycles. The second-order valence-electron chi connectivity index (χ2n) is 15.0. The molecule has 14 heteroatoms. The van der Waals surface area contributed by atoms with Crippen LogP contribution in [-0.4, -0.2) is 47.6 Å². The van der Waals surface area contributed by atoms with Crippen LogP contribution in [0.15, 0.2) is 138 Å². The fraction of sp³-hybridized carbons (Fsp3) is 0.167. The van der Waals surface area contributed by atoms with Crippen molar-refractivity contribution in [2.75, 3.05) is 0 Å². The zero-order chi connectivity index (χ0) is 43.5. The molecule has 11 nitrogen and oxygen atoms in total. The molecule has 0 saturated carbocycles. The summed E-state index contributed by atoms with van der Waals surface area (Å²) in [6.07, 6.45) is -1.02. The maximum atomic E-state index is 14.3. The van der Waals surface area contributed by atoms with Gasteiger partial charge < -0.3 is 19.9 Å². The van der Waals surface area contributed by atoms with E-state index in [0.29, 0.717) is 54.9 Å². The normalized spacial score (nSPS) is 16.5. The number of benzene rings is 6. The van der Waals surface area contributed by atoms with E-state index in [2.05, 4.69) is 11.4 Å². The van der Waals surface area contributed by atoms with Crippen molar-refractivity contribution in [1.82, 2.24) is 9.62 Å². The molecule has 1 amide bonds. The van der Waals surface area contributed by atoms with E-state index in [1.165, 1.54) is 12.1 Å². The summed E-state index contributed by atoms with van der Waals surface area (Å²) in [5.74, 6) is -1.25. The molecule has 6 aromatic rings. The smallest absolute Gasteiger partial charge is 0.326 e.